The van der Waals surface area contributed by atoms with E-state index in [1.807, 2.05) is 7.05 Å². The first kappa shape index (κ1) is 24.8. The molecule has 166 valence electrons. The lowest BCUT2D eigenvalue weighted by molar-refractivity contribution is 0.254. The Kier molecular flexibility index (Phi) is 11.0. The monoisotopic (exact) mass is 533 g/mol. The van der Waals surface area contributed by atoms with Crippen molar-refractivity contribution in [1.82, 2.24) is 30.3 Å². The van der Waals surface area contributed by atoms with Gasteiger partial charge in [-0.05, 0) is 17.5 Å². The van der Waals surface area contributed by atoms with Crippen molar-refractivity contribution < 1.29 is 0 Å². The molecule has 0 aliphatic carbocycles. The Morgan fingerprint density at radius 1 is 0.968 bits per heavy atom. The predicted octanol–water partition coefficient (Wildman–Crippen LogP) is 3.19. The molecule has 7 nitrogen and oxygen atoms in total. The van der Waals surface area contributed by atoms with Gasteiger partial charge in [-0.2, -0.15) is 5.10 Å². The summed E-state index contributed by atoms with van der Waals surface area (Å²) >= 11 is 0. The molecule has 0 aliphatic heterocycles. The van der Waals surface area contributed by atoms with E-state index in [2.05, 4.69) is 91.3 Å². The molecule has 0 fully saturated rings. The summed E-state index contributed by atoms with van der Waals surface area (Å²) in [6.45, 7) is 4.31. The molecule has 0 amide bonds. The van der Waals surface area contributed by atoms with Crippen LogP contribution in [0.25, 0.3) is 0 Å². The maximum atomic E-state index is 4.29. The Bertz CT molecular complexity index is 855. The van der Waals surface area contributed by atoms with E-state index in [0.717, 1.165) is 44.4 Å². The van der Waals surface area contributed by atoms with Crippen LogP contribution < -0.4 is 10.6 Å². The van der Waals surface area contributed by atoms with Gasteiger partial charge in [0.05, 0.1) is 6.54 Å². The lowest BCUT2D eigenvalue weighted by Gasteiger charge is -2.23. The van der Waals surface area contributed by atoms with Gasteiger partial charge in [0.1, 0.15) is 12.2 Å². The second kappa shape index (κ2) is 13.8. The minimum Gasteiger partial charge on any atom is -0.356 e. The summed E-state index contributed by atoms with van der Waals surface area (Å²) in [4.78, 5) is 11.0. The van der Waals surface area contributed by atoms with Crippen molar-refractivity contribution in [3.63, 3.8) is 0 Å². The fraction of sp³-hybridized carbons (Fsp3) is 0.348. The van der Waals surface area contributed by atoms with E-state index < -0.39 is 0 Å². The normalized spacial score (nSPS) is 11.3. The predicted molar refractivity (Wildman–Crippen MR) is 136 cm³/mol. The SMILES string of the molecule is CN=C(NCCCN(Cc1ccccc1)Cc1ccccc1)NCc1ncnn1C.I. The molecule has 8 heteroatoms. The van der Waals surface area contributed by atoms with Crippen LogP contribution in [0.1, 0.15) is 23.4 Å². The molecule has 0 radical (unpaired) electrons. The fourth-order valence-corrected chi connectivity index (χ4v) is 3.27. The fourth-order valence-electron chi connectivity index (χ4n) is 3.27. The number of aliphatic imine (C=N–C) groups is 1. The number of nitrogens with one attached hydrogen (secondary N) is 2. The zero-order chi connectivity index (χ0) is 21.0. The van der Waals surface area contributed by atoms with Crippen LogP contribution in [0.2, 0.25) is 0 Å². The van der Waals surface area contributed by atoms with Gasteiger partial charge in [-0.3, -0.25) is 14.6 Å². The molecular weight excluding hydrogens is 501 g/mol. The summed E-state index contributed by atoms with van der Waals surface area (Å²) < 4.78 is 1.76. The summed E-state index contributed by atoms with van der Waals surface area (Å²) in [7, 11) is 3.66. The molecular formula is C23H32IN7. The number of benzene rings is 2. The van der Waals surface area contributed by atoms with Crippen LogP contribution in [0.15, 0.2) is 72.0 Å². The van der Waals surface area contributed by atoms with Crippen molar-refractivity contribution in [1.29, 1.82) is 0 Å². The molecule has 0 atom stereocenters. The van der Waals surface area contributed by atoms with Crippen LogP contribution in [0, 0.1) is 0 Å². The third-order valence-electron chi connectivity index (χ3n) is 4.88. The van der Waals surface area contributed by atoms with Crippen LogP contribution in [0.4, 0.5) is 0 Å². The molecule has 0 spiro atoms. The number of aryl methyl sites for hydroxylation is 1. The highest BCUT2D eigenvalue weighted by atomic mass is 127. The van der Waals surface area contributed by atoms with Crippen LogP contribution in [0.5, 0.6) is 0 Å². The van der Waals surface area contributed by atoms with Gasteiger partial charge in [0.15, 0.2) is 5.96 Å². The molecule has 0 saturated heterocycles. The van der Waals surface area contributed by atoms with Crippen LogP contribution in [-0.4, -0.2) is 45.8 Å². The van der Waals surface area contributed by atoms with E-state index in [-0.39, 0.29) is 24.0 Å². The number of nitrogens with zero attached hydrogens (tertiary/aromatic N) is 5. The van der Waals surface area contributed by atoms with Gasteiger partial charge in [-0.1, -0.05) is 60.7 Å². The van der Waals surface area contributed by atoms with E-state index in [9.17, 15) is 0 Å². The first-order chi connectivity index (χ1) is 14.7. The molecule has 0 saturated carbocycles. The molecule has 3 rings (SSSR count). The Morgan fingerprint density at radius 3 is 2.10 bits per heavy atom. The Hall–Kier alpha value is -2.46. The molecule has 3 aromatic rings. The number of hydrogen-bond donors (Lipinski definition) is 2. The van der Waals surface area contributed by atoms with Crippen molar-refractivity contribution in [2.45, 2.75) is 26.1 Å². The van der Waals surface area contributed by atoms with E-state index in [1.165, 1.54) is 11.1 Å². The molecule has 1 heterocycles. The molecule has 1 aromatic heterocycles. The van der Waals surface area contributed by atoms with Gasteiger partial charge in [-0.25, -0.2) is 4.98 Å². The van der Waals surface area contributed by atoms with Gasteiger partial charge in [0.2, 0.25) is 0 Å². The number of guanidine groups is 1. The van der Waals surface area contributed by atoms with Gasteiger partial charge in [0, 0.05) is 40.3 Å². The molecule has 2 aromatic carbocycles. The van der Waals surface area contributed by atoms with E-state index in [0.29, 0.717) is 6.54 Å². The smallest absolute Gasteiger partial charge is 0.191 e. The van der Waals surface area contributed by atoms with Gasteiger partial charge in [-0.15, -0.1) is 24.0 Å². The maximum Gasteiger partial charge on any atom is 0.191 e. The average molecular weight is 533 g/mol. The van der Waals surface area contributed by atoms with Crippen molar-refractivity contribution in [2.24, 2.45) is 12.0 Å². The van der Waals surface area contributed by atoms with Crippen molar-refractivity contribution in [3.8, 4) is 0 Å². The number of halogens is 1. The summed E-state index contributed by atoms with van der Waals surface area (Å²) in [6.07, 6.45) is 2.57. The Labute approximate surface area is 202 Å². The van der Waals surface area contributed by atoms with E-state index in [4.69, 9.17) is 0 Å². The Balaban J connectivity index is 0.00000341. The minimum atomic E-state index is 0. The minimum absolute atomic E-state index is 0. The number of rotatable bonds is 10. The van der Waals surface area contributed by atoms with Gasteiger partial charge >= 0.3 is 0 Å². The molecule has 0 unspecified atom stereocenters. The summed E-state index contributed by atoms with van der Waals surface area (Å²) in [5.41, 5.74) is 2.67. The second-order valence-electron chi connectivity index (χ2n) is 7.19. The summed E-state index contributed by atoms with van der Waals surface area (Å²) in [5, 5.41) is 10.8. The quantitative estimate of drug-likeness (QED) is 0.181. The van der Waals surface area contributed by atoms with E-state index >= 15 is 0 Å². The summed E-state index contributed by atoms with van der Waals surface area (Å²) in [6, 6.07) is 21.3. The topological polar surface area (TPSA) is 70.4 Å². The third kappa shape index (κ3) is 8.66. The lowest BCUT2D eigenvalue weighted by atomic mass is 10.1. The van der Waals surface area contributed by atoms with E-state index in [1.54, 1.807) is 18.1 Å². The first-order valence-corrected chi connectivity index (χ1v) is 10.3. The van der Waals surface area contributed by atoms with Gasteiger partial charge < -0.3 is 10.6 Å². The standard InChI is InChI=1S/C23H31N7.HI/c1-24-23(26-16-22-27-19-28-29(22)2)25-14-9-15-30(17-20-10-5-3-6-11-20)18-21-12-7-4-8-13-21;/h3-8,10-13,19H,9,14-18H2,1-2H3,(H2,24,25,26);1H. The highest BCUT2D eigenvalue weighted by molar-refractivity contribution is 14.0. The van der Waals surface area contributed by atoms with Crippen LogP contribution in [-0.2, 0) is 26.7 Å². The summed E-state index contributed by atoms with van der Waals surface area (Å²) in [5.74, 6) is 1.64. The zero-order valence-corrected chi connectivity index (χ0v) is 20.6. The third-order valence-corrected chi connectivity index (χ3v) is 4.88. The lowest BCUT2D eigenvalue weighted by Crippen LogP contribution is -2.38. The second-order valence-corrected chi connectivity index (χ2v) is 7.19. The van der Waals surface area contributed by atoms with Crippen LogP contribution in [0.3, 0.4) is 0 Å². The number of aromatic nitrogens is 3. The van der Waals surface area contributed by atoms with Gasteiger partial charge in [0.25, 0.3) is 0 Å². The zero-order valence-electron chi connectivity index (χ0n) is 18.2. The average Bonchev–Trinajstić information content (AvgIpc) is 3.19. The van der Waals surface area contributed by atoms with Crippen molar-refractivity contribution in [2.75, 3.05) is 20.1 Å². The number of hydrogen-bond acceptors (Lipinski definition) is 4. The Morgan fingerprint density at radius 2 is 1.58 bits per heavy atom. The van der Waals surface area contributed by atoms with Crippen molar-refractivity contribution in [3.05, 3.63) is 83.9 Å². The van der Waals surface area contributed by atoms with Crippen molar-refractivity contribution >= 4 is 29.9 Å². The van der Waals surface area contributed by atoms with Crippen LogP contribution >= 0.6 is 24.0 Å². The largest absolute Gasteiger partial charge is 0.356 e. The highest BCUT2D eigenvalue weighted by Crippen LogP contribution is 2.10. The molecule has 31 heavy (non-hydrogen) atoms. The molecule has 2 N–H and O–H groups in total. The maximum absolute atomic E-state index is 4.29. The first-order valence-electron chi connectivity index (χ1n) is 10.3. The molecule has 0 aliphatic rings. The highest BCUT2D eigenvalue weighted by Gasteiger charge is 2.08. The molecule has 0 bridgehead atoms.